The lowest BCUT2D eigenvalue weighted by atomic mass is 10.1. The third kappa shape index (κ3) is 2.02. The van der Waals surface area contributed by atoms with Crippen LogP contribution >= 0.6 is 0 Å². The lowest BCUT2D eigenvalue weighted by Gasteiger charge is -2.13. The molecule has 1 heterocycles. The number of hydrogen-bond acceptors (Lipinski definition) is 2. The van der Waals surface area contributed by atoms with Crippen LogP contribution in [0.4, 0.5) is 5.69 Å². The normalized spacial score (nSPS) is 16.3. The molecule has 1 aliphatic rings. The molecule has 0 saturated heterocycles. The van der Waals surface area contributed by atoms with Gasteiger partial charge < -0.3 is 4.90 Å². The van der Waals surface area contributed by atoms with Gasteiger partial charge in [0.25, 0.3) is 5.91 Å². The third-order valence-electron chi connectivity index (χ3n) is 2.72. The van der Waals surface area contributed by atoms with Crippen LogP contribution in [0.1, 0.15) is 5.56 Å². The molecule has 2 rings (SSSR count). The van der Waals surface area contributed by atoms with E-state index in [1.54, 1.807) is 23.1 Å². The van der Waals surface area contributed by atoms with E-state index >= 15 is 0 Å². The average molecular weight is 239 g/mol. The van der Waals surface area contributed by atoms with Gasteiger partial charge in [-0.3, -0.25) is 9.59 Å². The fourth-order valence-electron chi connectivity index (χ4n) is 1.98. The number of carbonyl (C=O) groups is 2. The first-order chi connectivity index (χ1) is 8.79. The molecule has 90 valence electrons. The van der Waals surface area contributed by atoms with Gasteiger partial charge >= 0.3 is 0 Å². The van der Waals surface area contributed by atoms with E-state index in [1.807, 2.05) is 24.3 Å². The van der Waals surface area contributed by atoms with Gasteiger partial charge in [-0.2, -0.15) is 0 Å². The molecule has 3 nitrogen and oxygen atoms in total. The number of anilines is 1. The van der Waals surface area contributed by atoms with E-state index in [4.69, 9.17) is 0 Å². The van der Waals surface area contributed by atoms with E-state index in [2.05, 4.69) is 6.58 Å². The maximum absolute atomic E-state index is 12.2. The number of rotatable bonds is 4. The minimum absolute atomic E-state index is 0.0633. The van der Waals surface area contributed by atoms with Gasteiger partial charge in [0.1, 0.15) is 6.29 Å². The van der Waals surface area contributed by atoms with Crippen LogP contribution in [-0.4, -0.2) is 18.7 Å². The fourth-order valence-corrected chi connectivity index (χ4v) is 1.98. The Balaban J connectivity index is 2.47. The Morgan fingerprint density at radius 1 is 1.22 bits per heavy atom. The van der Waals surface area contributed by atoms with Crippen LogP contribution in [-0.2, 0) is 9.59 Å². The molecule has 0 fully saturated rings. The Kier molecular flexibility index (Phi) is 3.53. The molecule has 1 aromatic carbocycles. The van der Waals surface area contributed by atoms with Crippen molar-refractivity contribution in [3.8, 4) is 0 Å². The van der Waals surface area contributed by atoms with Crippen LogP contribution in [0.3, 0.4) is 0 Å². The molecule has 1 aromatic rings. The first-order valence-electron chi connectivity index (χ1n) is 5.64. The summed E-state index contributed by atoms with van der Waals surface area (Å²) in [6.45, 7) is 4.14. The Hall–Kier alpha value is -2.42. The van der Waals surface area contributed by atoms with Crippen molar-refractivity contribution >= 4 is 23.5 Å². The fraction of sp³-hybridized carbons (Fsp3) is 0.0667. The summed E-state index contributed by atoms with van der Waals surface area (Å²) in [6.07, 6.45) is 6.98. The van der Waals surface area contributed by atoms with E-state index in [-0.39, 0.29) is 5.91 Å². The number of hydrogen-bond donors (Lipinski definition) is 0. The Labute approximate surface area is 106 Å². The second-order valence-corrected chi connectivity index (χ2v) is 3.82. The molecule has 0 atom stereocenters. The lowest BCUT2D eigenvalue weighted by molar-refractivity contribution is -0.113. The highest BCUT2D eigenvalue weighted by Gasteiger charge is 2.30. The molecule has 1 amide bonds. The lowest BCUT2D eigenvalue weighted by Crippen LogP contribution is -2.26. The van der Waals surface area contributed by atoms with E-state index in [1.165, 1.54) is 6.08 Å². The van der Waals surface area contributed by atoms with E-state index < -0.39 is 0 Å². The third-order valence-corrected chi connectivity index (χ3v) is 2.72. The molecule has 0 saturated carbocycles. The number of benzene rings is 1. The van der Waals surface area contributed by atoms with E-state index in [9.17, 15) is 9.59 Å². The highest BCUT2D eigenvalue weighted by Crippen LogP contribution is 2.36. The van der Waals surface area contributed by atoms with Gasteiger partial charge in [0, 0.05) is 17.7 Å². The molecule has 0 radical (unpaired) electrons. The number of nitrogens with zero attached hydrogens (tertiary/aromatic N) is 1. The van der Waals surface area contributed by atoms with Gasteiger partial charge in [-0.15, -0.1) is 6.58 Å². The van der Waals surface area contributed by atoms with Crippen molar-refractivity contribution in [2.75, 3.05) is 11.4 Å². The van der Waals surface area contributed by atoms with Crippen molar-refractivity contribution in [3.05, 3.63) is 60.7 Å². The summed E-state index contributed by atoms with van der Waals surface area (Å²) in [4.78, 5) is 24.2. The maximum Gasteiger partial charge on any atom is 0.259 e. The van der Waals surface area contributed by atoms with Crippen molar-refractivity contribution in [1.29, 1.82) is 0 Å². The molecule has 1 aliphatic heterocycles. The van der Waals surface area contributed by atoms with E-state index in [0.29, 0.717) is 18.4 Å². The Morgan fingerprint density at radius 3 is 2.72 bits per heavy atom. The number of allylic oxidation sites excluding steroid dienone is 3. The molecular weight excluding hydrogens is 226 g/mol. The zero-order valence-corrected chi connectivity index (χ0v) is 9.87. The molecule has 0 N–H and O–H groups in total. The van der Waals surface area contributed by atoms with Crippen molar-refractivity contribution in [1.82, 2.24) is 0 Å². The highest BCUT2D eigenvalue weighted by atomic mass is 16.2. The quantitative estimate of drug-likeness (QED) is 0.459. The molecule has 18 heavy (non-hydrogen) atoms. The van der Waals surface area contributed by atoms with Crippen LogP contribution < -0.4 is 4.90 Å². The van der Waals surface area contributed by atoms with Crippen molar-refractivity contribution in [3.63, 3.8) is 0 Å². The van der Waals surface area contributed by atoms with Crippen LogP contribution in [0, 0.1) is 0 Å². The molecular formula is C15H13NO2. The summed E-state index contributed by atoms with van der Waals surface area (Å²) in [6, 6.07) is 7.59. The van der Waals surface area contributed by atoms with Crippen molar-refractivity contribution in [2.45, 2.75) is 0 Å². The number of carbonyl (C=O) groups excluding carboxylic acids is 2. The average Bonchev–Trinajstić information content (AvgIpc) is 2.65. The smallest absolute Gasteiger partial charge is 0.259 e. The summed E-state index contributed by atoms with van der Waals surface area (Å²) < 4.78 is 0. The van der Waals surface area contributed by atoms with Gasteiger partial charge in [0.05, 0.1) is 5.69 Å². The SMILES string of the molecule is C=CCN1C(=O)/C(=C\C=C\C=O)c2ccccc21. The highest BCUT2D eigenvalue weighted by molar-refractivity contribution is 6.32. The summed E-state index contributed by atoms with van der Waals surface area (Å²) >= 11 is 0. The first-order valence-corrected chi connectivity index (χ1v) is 5.64. The molecule has 0 aliphatic carbocycles. The van der Waals surface area contributed by atoms with Crippen LogP contribution in [0.25, 0.3) is 5.57 Å². The zero-order valence-electron chi connectivity index (χ0n) is 9.87. The topological polar surface area (TPSA) is 37.4 Å². The number of para-hydroxylation sites is 1. The van der Waals surface area contributed by atoms with Crippen molar-refractivity contribution < 1.29 is 9.59 Å². The van der Waals surface area contributed by atoms with E-state index in [0.717, 1.165) is 11.3 Å². The molecule has 0 spiro atoms. The van der Waals surface area contributed by atoms with Crippen LogP contribution in [0.15, 0.2) is 55.1 Å². The Morgan fingerprint density at radius 2 is 2.00 bits per heavy atom. The molecule has 0 unspecified atom stereocenters. The first kappa shape index (κ1) is 12.0. The monoisotopic (exact) mass is 239 g/mol. The summed E-state index contributed by atoms with van der Waals surface area (Å²) in [7, 11) is 0. The van der Waals surface area contributed by atoms with Crippen molar-refractivity contribution in [2.24, 2.45) is 0 Å². The van der Waals surface area contributed by atoms with Gasteiger partial charge in [0.15, 0.2) is 0 Å². The number of amides is 1. The zero-order chi connectivity index (χ0) is 13.0. The van der Waals surface area contributed by atoms with Crippen LogP contribution in [0.2, 0.25) is 0 Å². The minimum Gasteiger partial charge on any atom is -0.304 e. The second-order valence-electron chi connectivity index (χ2n) is 3.82. The summed E-state index contributed by atoms with van der Waals surface area (Å²) in [5, 5.41) is 0. The van der Waals surface area contributed by atoms with Gasteiger partial charge in [0.2, 0.25) is 0 Å². The number of fused-ring (bicyclic) bond motifs is 1. The summed E-state index contributed by atoms with van der Waals surface area (Å²) in [5.74, 6) is -0.0633. The number of aldehydes is 1. The Bertz CT molecular complexity index is 555. The maximum atomic E-state index is 12.2. The minimum atomic E-state index is -0.0633. The predicted molar refractivity (Wildman–Crippen MR) is 72.2 cm³/mol. The molecule has 0 bridgehead atoms. The largest absolute Gasteiger partial charge is 0.304 e. The predicted octanol–water partition coefficient (Wildman–Crippen LogP) is 2.36. The van der Waals surface area contributed by atoms with Gasteiger partial charge in [-0.1, -0.05) is 30.4 Å². The molecule has 3 heteroatoms. The standard InChI is InChI=1S/C15H13NO2/c1-2-10-16-14-9-4-3-7-12(14)13(15(16)18)8-5-6-11-17/h2-9,11H,1,10H2/b6-5+,13-8-. The molecule has 0 aromatic heterocycles. The van der Waals surface area contributed by atoms with Gasteiger partial charge in [-0.25, -0.2) is 0 Å². The summed E-state index contributed by atoms with van der Waals surface area (Å²) in [5.41, 5.74) is 2.37. The van der Waals surface area contributed by atoms with Crippen LogP contribution in [0.5, 0.6) is 0 Å². The second kappa shape index (κ2) is 5.27. The van der Waals surface area contributed by atoms with Gasteiger partial charge in [-0.05, 0) is 18.2 Å².